The van der Waals surface area contributed by atoms with Crippen LogP contribution in [0, 0.1) is 11.7 Å². The van der Waals surface area contributed by atoms with Gasteiger partial charge in [0.1, 0.15) is 22.9 Å². The number of aromatic nitrogens is 2. The number of benzene rings is 1. The van der Waals surface area contributed by atoms with E-state index in [4.69, 9.17) is 4.74 Å². The molecule has 30 heavy (non-hydrogen) atoms. The van der Waals surface area contributed by atoms with E-state index in [2.05, 4.69) is 20.6 Å². The zero-order valence-electron chi connectivity index (χ0n) is 17.7. The smallest absolute Gasteiger partial charge is 0.421 e. The molecule has 6 nitrogen and oxygen atoms in total. The molecule has 0 saturated heterocycles. The lowest BCUT2D eigenvalue weighted by Crippen LogP contribution is -2.14. The minimum absolute atomic E-state index is 0.0718. The highest BCUT2D eigenvalue weighted by Gasteiger charge is 2.35. The Morgan fingerprint density at radius 1 is 1.23 bits per heavy atom. The van der Waals surface area contributed by atoms with E-state index in [9.17, 15) is 22.4 Å². The lowest BCUT2D eigenvalue weighted by Gasteiger charge is -2.16. The monoisotopic (exact) mass is 430 g/mol. The second-order valence-electron chi connectivity index (χ2n) is 6.16. The Morgan fingerprint density at radius 2 is 1.87 bits per heavy atom. The molecule has 0 amide bonds. The summed E-state index contributed by atoms with van der Waals surface area (Å²) in [5.41, 5.74) is -1.09. The third-order valence-corrected chi connectivity index (χ3v) is 3.76. The van der Waals surface area contributed by atoms with Gasteiger partial charge in [0, 0.05) is 24.7 Å². The molecule has 0 fully saturated rings. The number of hydrogen-bond acceptors (Lipinski definition) is 6. The first kappa shape index (κ1) is 25.1. The first-order chi connectivity index (χ1) is 14.1. The zero-order valence-corrected chi connectivity index (χ0v) is 17.7. The number of ketones is 1. The molecule has 0 atom stereocenters. The van der Waals surface area contributed by atoms with Crippen molar-refractivity contribution in [2.45, 2.75) is 40.8 Å². The average molecular weight is 430 g/mol. The molecule has 1 heterocycles. The van der Waals surface area contributed by atoms with Gasteiger partial charge in [0.2, 0.25) is 5.95 Å². The lowest BCUT2D eigenvalue weighted by atomic mass is 10.00. The Balaban J connectivity index is 0.00000218. The quantitative estimate of drug-likeness (QED) is 0.435. The van der Waals surface area contributed by atoms with E-state index in [1.165, 1.54) is 13.2 Å². The van der Waals surface area contributed by atoms with Crippen LogP contribution in [0.5, 0.6) is 5.75 Å². The highest BCUT2D eigenvalue weighted by atomic mass is 19.4. The third kappa shape index (κ3) is 6.04. The summed E-state index contributed by atoms with van der Waals surface area (Å²) in [7, 11) is 1.32. The van der Waals surface area contributed by atoms with E-state index in [1.807, 2.05) is 13.8 Å². The Morgan fingerprint density at radius 3 is 2.37 bits per heavy atom. The molecular weight excluding hydrogens is 404 g/mol. The van der Waals surface area contributed by atoms with Crippen molar-refractivity contribution in [1.82, 2.24) is 9.97 Å². The van der Waals surface area contributed by atoms with Crippen LogP contribution in [0.3, 0.4) is 0 Å². The van der Waals surface area contributed by atoms with E-state index < -0.39 is 35.1 Å². The number of anilines is 3. The Bertz CT molecular complexity index is 871. The molecule has 2 N–H and O–H groups in total. The number of nitrogens with zero attached hydrogens (tertiary/aromatic N) is 2. The van der Waals surface area contributed by atoms with Crippen LogP contribution in [0.4, 0.5) is 35.0 Å². The summed E-state index contributed by atoms with van der Waals surface area (Å²) in [6.07, 6.45) is -3.99. The summed E-state index contributed by atoms with van der Waals surface area (Å²) in [5, 5.41) is 5.16. The lowest BCUT2D eigenvalue weighted by molar-refractivity contribution is -0.137. The molecule has 0 unspecified atom stereocenters. The van der Waals surface area contributed by atoms with Gasteiger partial charge in [-0.15, -0.1) is 0 Å². The van der Waals surface area contributed by atoms with Crippen molar-refractivity contribution in [3.05, 3.63) is 35.3 Å². The summed E-state index contributed by atoms with van der Waals surface area (Å²) >= 11 is 0. The normalized spacial score (nSPS) is 10.9. The summed E-state index contributed by atoms with van der Waals surface area (Å²) < 4.78 is 58.7. The standard InChI is InChI=1S/C18H20F4N4O2.C2H6/c1-5-23-16-11(18(20,21)22)8-24-17(26-16)25-13-7-12(19)10(6-14(13)28-4)15(27)9(2)3;1-2/h6-9H,5H2,1-4H3,(H2,23,24,25,26);1-2H3. The predicted octanol–water partition coefficient (Wildman–Crippen LogP) is 5.68. The van der Waals surface area contributed by atoms with Gasteiger partial charge in [0.25, 0.3) is 0 Å². The molecule has 0 bridgehead atoms. The SMILES string of the molecule is CC.CCNc1nc(Nc2cc(F)c(C(=O)C(C)C)cc2OC)ncc1C(F)(F)F. The fourth-order valence-corrected chi connectivity index (χ4v) is 2.39. The van der Waals surface area contributed by atoms with Gasteiger partial charge in [-0.2, -0.15) is 18.2 Å². The second-order valence-corrected chi connectivity index (χ2v) is 6.16. The maximum Gasteiger partial charge on any atom is 0.421 e. The topological polar surface area (TPSA) is 76.1 Å². The van der Waals surface area contributed by atoms with E-state index in [0.717, 1.165) is 6.07 Å². The van der Waals surface area contributed by atoms with E-state index in [1.54, 1.807) is 20.8 Å². The molecule has 0 radical (unpaired) electrons. The van der Waals surface area contributed by atoms with Crippen LogP contribution in [-0.2, 0) is 6.18 Å². The third-order valence-electron chi connectivity index (χ3n) is 3.76. The fraction of sp³-hybridized carbons (Fsp3) is 0.450. The number of alkyl halides is 3. The Kier molecular flexibility index (Phi) is 9.00. The number of halogens is 4. The van der Waals surface area contributed by atoms with Crippen molar-refractivity contribution in [2.75, 3.05) is 24.3 Å². The van der Waals surface area contributed by atoms with Crippen LogP contribution in [0.2, 0.25) is 0 Å². The molecule has 2 rings (SSSR count). The molecule has 0 aliphatic carbocycles. The fourth-order valence-electron chi connectivity index (χ4n) is 2.39. The van der Waals surface area contributed by atoms with Gasteiger partial charge in [-0.25, -0.2) is 9.37 Å². The first-order valence-corrected chi connectivity index (χ1v) is 9.45. The number of hydrogen-bond donors (Lipinski definition) is 2. The van der Waals surface area contributed by atoms with Gasteiger partial charge >= 0.3 is 6.18 Å². The number of Topliss-reactive ketones (excluding diaryl/α,β-unsaturated/α-hetero) is 1. The number of carbonyl (C=O) groups is 1. The van der Waals surface area contributed by atoms with Crippen LogP contribution in [0.15, 0.2) is 18.3 Å². The van der Waals surface area contributed by atoms with Crippen molar-refractivity contribution in [2.24, 2.45) is 5.92 Å². The maximum absolute atomic E-state index is 14.4. The summed E-state index contributed by atoms with van der Waals surface area (Å²) in [6, 6.07) is 2.25. The first-order valence-electron chi connectivity index (χ1n) is 9.45. The highest BCUT2D eigenvalue weighted by molar-refractivity contribution is 5.98. The van der Waals surface area contributed by atoms with Crippen LogP contribution in [-0.4, -0.2) is 29.4 Å². The number of methoxy groups -OCH3 is 1. The van der Waals surface area contributed by atoms with Crippen LogP contribution in [0.1, 0.15) is 50.5 Å². The maximum atomic E-state index is 14.4. The van der Waals surface area contributed by atoms with Crippen LogP contribution in [0.25, 0.3) is 0 Å². The van der Waals surface area contributed by atoms with E-state index in [0.29, 0.717) is 6.20 Å². The summed E-state index contributed by atoms with van der Waals surface area (Å²) in [4.78, 5) is 19.6. The number of carbonyl (C=O) groups excluding carboxylic acids is 1. The van der Waals surface area contributed by atoms with E-state index >= 15 is 0 Å². The molecule has 1 aromatic carbocycles. The van der Waals surface area contributed by atoms with Gasteiger partial charge in [-0.1, -0.05) is 27.7 Å². The summed E-state index contributed by atoms with van der Waals surface area (Å²) in [5.74, 6) is -2.08. The van der Waals surface area contributed by atoms with Crippen LogP contribution >= 0.6 is 0 Å². The minimum Gasteiger partial charge on any atom is -0.495 e. The van der Waals surface area contributed by atoms with Crippen LogP contribution < -0.4 is 15.4 Å². The minimum atomic E-state index is -4.63. The van der Waals surface area contributed by atoms with Crippen molar-refractivity contribution in [1.29, 1.82) is 0 Å². The number of nitrogens with one attached hydrogen (secondary N) is 2. The van der Waals surface area contributed by atoms with Gasteiger partial charge in [-0.05, 0) is 13.0 Å². The second kappa shape index (κ2) is 10.7. The van der Waals surface area contributed by atoms with Gasteiger partial charge < -0.3 is 15.4 Å². The van der Waals surface area contributed by atoms with Crippen molar-refractivity contribution in [3.8, 4) is 5.75 Å². The van der Waals surface area contributed by atoms with Crippen molar-refractivity contribution >= 4 is 23.2 Å². The highest BCUT2D eigenvalue weighted by Crippen LogP contribution is 2.35. The molecule has 0 spiro atoms. The Labute approximate surface area is 173 Å². The molecule has 166 valence electrons. The zero-order chi connectivity index (χ0) is 23.1. The van der Waals surface area contributed by atoms with Gasteiger partial charge in [0.05, 0.1) is 18.4 Å². The predicted molar refractivity (Wildman–Crippen MR) is 108 cm³/mol. The van der Waals surface area contributed by atoms with Crippen molar-refractivity contribution in [3.63, 3.8) is 0 Å². The Hall–Kier alpha value is -2.91. The number of ether oxygens (including phenoxy) is 1. The molecular formula is C20H26F4N4O2. The largest absolute Gasteiger partial charge is 0.495 e. The molecule has 0 saturated carbocycles. The van der Waals surface area contributed by atoms with Gasteiger partial charge in [0.15, 0.2) is 5.78 Å². The molecule has 10 heteroatoms. The summed E-state index contributed by atoms with van der Waals surface area (Å²) in [6.45, 7) is 9.11. The van der Waals surface area contributed by atoms with Gasteiger partial charge in [-0.3, -0.25) is 4.79 Å². The molecule has 2 aromatic rings. The molecule has 1 aromatic heterocycles. The molecule has 0 aliphatic heterocycles. The van der Waals surface area contributed by atoms with E-state index in [-0.39, 0.29) is 29.5 Å². The van der Waals surface area contributed by atoms with Crippen molar-refractivity contribution < 1.29 is 27.1 Å². The average Bonchev–Trinajstić information content (AvgIpc) is 2.68. The molecule has 0 aliphatic rings. The number of rotatable bonds is 7.